The number of hydrogen-bond acceptors (Lipinski definition) is 6. The zero-order chi connectivity index (χ0) is 18.6. The molecule has 2 rings (SSSR count). The number of carbonyl (C=O) groups is 2. The van der Waals surface area contributed by atoms with Gasteiger partial charge in [0.05, 0.1) is 17.2 Å². The summed E-state index contributed by atoms with van der Waals surface area (Å²) in [5.74, 6) is -0.751. The third-order valence-electron chi connectivity index (χ3n) is 3.63. The van der Waals surface area contributed by atoms with Crippen LogP contribution >= 0.6 is 0 Å². The first-order valence-corrected chi connectivity index (χ1v) is 7.63. The predicted octanol–water partition coefficient (Wildman–Crippen LogP) is 0.705. The highest BCUT2D eigenvalue weighted by Gasteiger charge is 2.19. The molecular formula is C14H19N7O4. The molecule has 0 aliphatic rings. The van der Waals surface area contributed by atoms with Gasteiger partial charge >= 0.3 is 5.69 Å². The van der Waals surface area contributed by atoms with Crippen LogP contribution in [0.3, 0.4) is 0 Å². The van der Waals surface area contributed by atoms with Crippen molar-refractivity contribution in [3.05, 3.63) is 33.9 Å². The molecule has 0 aromatic carbocycles. The van der Waals surface area contributed by atoms with Crippen LogP contribution in [0.2, 0.25) is 0 Å². The van der Waals surface area contributed by atoms with Gasteiger partial charge in [0, 0.05) is 26.2 Å². The fraction of sp³-hybridized carbons (Fsp3) is 0.429. The number of hydrogen-bond donors (Lipinski definition) is 2. The predicted molar refractivity (Wildman–Crippen MR) is 88.2 cm³/mol. The Morgan fingerprint density at radius 1 is 1.40 bits per heavy atom. The molecule has 2 amide bonds. The molecule has 0 saturated carbocycles. The van der Waals surface area contributed by atoms with E-state index in [-0.39, 0.29) is 30.3 Å². The molecule has 2 aromatic heterocycles. The van der Waals surface area contributed by atoms with E-state index in [0.717, 1.165) is 6.20 Å². The molecule has 0 atom stereocenters. The molecular weight excluding hydrogens is 330 g/mol. The van der Waals surface area contributed by atoms with Crippen LogP contribution in [0.5, 0.6) is 0 Å². The maximum atomic E-state index is 12.1. The Hall–Kier alpha value is -3.24. The average molecular weight is 349 g/mol. The molecule has 2 N–H and O–H groups in total. The number of carbonyl (C=O) groups excluding carboxylic acids is 2. The molecule has 25 heavy (non-hydrogen) atoms. The lowest BCUT2D eigenvalue weighted by molar-refractivity contribution is -0.385. The number of aromatic nitrogens is 4. The summed E-state index contributed by atoms with van der Waals surface area (Å²) in [7, 11) is 1.48. The zero-order valence-electron chi connectivity index (χ0n) is 14.1. The first-order valence-electron chi connectivity index (χ1n) is 7.63. The third kappa shape index (κ3) is 4.00. The van der Waals surface area contributed by atoms with E-state index in [0.29, 0.717) is 17.9 Å². The monoisotopic (exact) mass is 349 g/mol. The Balaban J connectivity index is 2.04. The highest BCUT2D eigenvalue weighted by Crippen LogP contribution is 2.17. The molecule has 134 valence electrons. The van der Waals surface area contributed by atoms with Crippen LogP contribution in [0.25, 0.3) is 0 Å². The second-order valence-corrected chi connectivity index (χ2v) is 5.22. The van der Waals surface area contributed by atoms with Crippen molar-refractivity contribution in [1.82, 2.24) is 24.9 Å². The SMILES string of the molecule is CCn1cc(NC(=O)CCn2ncc([N+](=O)[O-])c2C)c(C(=O)NC)n1. The number of nitrogens with one attached hydrogen (secondary N) is 2. The van der Waals surface area contributed by atoms with Gasteiger partial charge in [0.2, 0.25) is 5.91 Å². The first-order chi connectivity index (χ1) is 11.9. The fourth-order valence-electron chi connectivity index (χ4n) is 2.22. The number of nitrogens with zero attached hydrogens (tertiary/aromatic N) is 5. The average Bonchev–Trinajstić information content (AvgIpc) is 3.15. The van der Waals surface area contributed by atoms with Crippen molar-refractivity contribution < 1.29 is 14.5 Å². The van der Waals surface area contributed by atoms with Gasteiger partial charge in [0.15, 0.2) is 5.69 Å². The minimum Gasteiger partial charge on any atom is -0.354 e. The normalized spacial score (nSPS) is 10.5. The number of nitro groups is 1. The van der Waals surface area contributed by atoms with Gasteiger partial charge in [0.25, 0.3) is 5.91 Å². The van der Waals surface area contributed by atoms with Gasteiger partial charge in [-0.1, -0.05) is 0 Å². The van der Waals surface area contributed by atoms with E-state index in [9.17, 15) is 19.7 Å². The largest absolute Gasteiger partial charge is 0.354 e. The van der Waals surface area contributed by atoms with Gasteiger partial charge in [-0.25, -0.2) is 0 Å². The minimum absolute atomic E-state index is 0.0458. The van der Waals surface area contributed by atoms with Crippen LogP contribution in [0.4, 0.5) is 11.4 Å². The fourth-order valence-corrected chi connectivity index (χ4v) is 2.22. The van der Waals surface area contributed by atoms with Crippen molar-refractivity contribution in [1.29, 1.82) is 0 Å². The Morgan fingerprint density at radius 2 is 2.12 bits per heavy atom. The van der Waals surface area contributed by atoms with E-state index < -0.39 is 10.8 Å². The summed E-state index contributed by atoms with van der Waals surface area (Å²) in [5, 5.41) is 23.9. The maximum Gasteiger partial charge on any atom is 0.309 e. The van der Waals surface area contributed by atoms with Gasteiger partial charge in [-0.3, -0.25) is 29.1 Å². The van der Waals surface area contributed by atoms with E-state index in [4.69, 9.17) is 0 Å². The summed E-state index contributed by atoms with van der Waals surface area (Å²) >= 11 is 0. The third-order valence-corrected chi connectivity index (χ3v) is 3.63. The second kappa shape index (κ2) is 7.55. The number of amides is 2. The van der Waals surface area contributed by atoms with E-state index in [1.807, 2.05) is 6.92 Å². The maximum absolute atomic E-state index is 12.1. The van der Waals surface area contributed by atoms with Crippen LogP contribution in [0.15, 0.2) is 12.4 Å². The summed E-state index contributed by atoms with van der Waals surface area (Å²) < 4.78 is 2.94. The van der Waals surface area contributed by atoms with Crippen molar-refractivity contribution in [2.45, 2.75) is 33.4 Å². The van der Waals surface area contributed by atoms with Crippen LogP contribution in [-0.2, 0) is 17.9 Å². The van der Waals surface area contributed by atoms with Crippen LogP contribution in [-0.4, -0.2) is 43.3 Å². The van der Waals surface area contributed by atoms with Crippen LogP contribution in [0.1, 0.15) is 29.5 Å². The molecule has 0 fully saturated rings. The summed E-state index contributed by atoms with van der Waals surface area (Å²) in [4.78, 5) is 34.2. The molecule has 0 spiro atoms. The lowest BCUT2D eigenvalue weighted by atomic mass is 10.3. The quantitative estimate of drug-likeness (QED) is 0.558. The second-order valence-electron chi connectivity index (χ2n) is 5.22. The Bertz CT molecular complexity index is 808. The smallest absolute Gasteiger partial charge is 0.309 e. The van der Waals surface area contributed by atoms with Gasteiger partial charge in [-0.2, -0.15) is 10.2 Å². The van der Waals surface area contributed by atoms with Crippen LogP contribution in [0, 0.1) is 17.0 Å². The van der Waals surface area contributed by atoms with Crippen molar-refractivity contribution in [2.75, 3.05) is 12.4 Å². The Kier molecular flexibility index (Phi) is 5.47. The van der Waals surface area contributed by atoms with Crippen molar-refractivity contribution >= 4 is 23.2 Å². The standard InChI is InChI=1S/C14H19N7O4/c1-4-19-8-10(13(18-19)14(23)15-3)17-12(22)5-6-20-9(2)11(7-16-20)21(24)25/h7-8H,4-6H2,1-3H3,(H,15,23)(H,17,22). The van der Waals surface area contributed by atoms with Gasteiger partial charge < -0.3 is 10.6 Å². The molecule has 0 aliphatic heterocycles. The van der Waals surface area contributed by atoms with Crippen molar-refractivity contribution in [2.24, 2.45) is 0 Å². The molecule has 11 nitrogen and oxygen atoms in total. The molecule has 11 heteroatoms. The van der Waals surface area contributed by atoms with E-state index in [1.54, 1.807) is 17.8 Å². The van der Waals surface area contributed by atoms with E-state index in [1.165, 1.54) is 11.7 Å². The lowest BCUT2D eigenvalue weighted by Gasteiger charge is -2.06. The summed E-state index contributed by atoms with van der Waals surface area (Å²) in [6, 6.07) is 0. The molecule has 0 aliphatic carbocycles. The molecule has 0 radical (unpaired) electrons. The highest BCUT2D eigenvalue weighted by atomic mass is 16.6. The topological polar surface area (TPSA) is 137 Å². The van der Waals surface area contributed by atoms with Crippen LogP contribution < -0.4 is 10.6 Å². The Morgan fingerprint density at radius 3 is 2.68 bits per heavy atom. The van der Waals surface area contributed by atoms with E-state index in [2.05, 4.69) is 20.8 Å². The van der Waals surface area contributed by atoms with Gasteiger partial charge in [-0.15, -0.1) is 0 Å². The Labute approximate surface area is 143 Å². The zero-order valence-corrected chi connectivity index (χ0v) is 14.1. The first kappa shape index (κ1) is 18.1. The summed E-state index contributed by atoms with van der Waals surface area (Å²) in [6.45, 7) is 4.16. The molecule has 0 saturated heterocycles. The number of rotatable bonds is 7. The summed E-state index contributed by atoms with van der Waals surface area (Å²) in [6.07, 6.45) is 2.78. The minimum atomic E-state index is -0.520. The molecule has 0 bridgehead atoms. The number of anilines is 1. The van der Waals surface area contributed by atoms with Gasteiger partial charge in [0.1, 0.15) is 11.9 Å². The molecule has 0 unspecified atom stereocenters. The highest BCUT2D eigenvalue weighted by molar-refractivity contribution is 6.02. The molecule has 2 aromatic rings. The van der Waals surface area contributed by atoms with E-state index >= 15 is 0 Å². The molecule has 2 heterocycles. The van der Waals surface area contributed by atoms with Gasteiger partial charge in [-0.05, 0) is 13.8 Å². The summed E-state index contributed by atoms with van der Waals surface area (Å²) in [5.41, 5.74) is 0.729. The van der Waals surface area contributed by atoms with Crippen molar-refractivity contribution in [3.8, 4) is 0 Å². The lowest BCUT2D eigenvalue weighted by Crippen LogP contribution is -2.22. The number of aryl methyl sites for hydroxylation is 2. The van der Waals surface area contributed by atoms with Crippen molar-refractivity contribution in [3.63, 3.8) is 0 Å².